The van der Waals surface area contributed by atoms with Crippen LogP contribution in [0.25, 0.3) is 0 Å². The molecule has 0 bridgehead atoms. The fourth-order valence-corrected chi connectivity index (χ4v) is 2.58. The smallest absolute Gasteiger partial charge is 0.338 e. The van der Waals surface area contributed by atoms with Crippen LogP contribution in [0.1, 0.15) is 57.0 Å². The number of rotatable bonds is 6. The van der Waals surface area contributed by atoms with Crippen LogP contribution >= 0.6 is 11.8 Å². The maximum Gasteiger partial charge on any atom is 0.343 e. The number of thioether (sulfide) groups is 1. The van der Waals surface area contributed by atoms with Crippen LogP contribution in [0.5, 0.6) is 0 Å². The van der Waals surface area contributed by atoms with E-state index in [9.17, 15) is 4.79 Å². The predicted octanol–water partition coefficient (Wildman–Crippen LogP) is 2.34. The number of nitrogens with one attached hydrogen (secondary N) is 1. The highest BCUT2D eigenvalue weighted by Gasteiger charge is 2.20. The van der Waals surface area contributed by atoms with E-state index in [0.717, 1.165) is 6.42 Å². The minimum atomic E-state index is -0.185. The summed E-state index contributed by atoms with van der Waals surface area (Å²) >= 11 is 1.43. The van der Waals surface area contributed by atoms with Crippen molar-refractivity contribution in [3.05, 3.63) is 22.2 Å². The van der Waals surface area contributed by atoms with Crippen LogP contribution in [-0.4, -0.2) is 24.9 Å². The van der Waals surface area contributed by atoms with Gasteiger partial charge in [0.1, 0.15) is 0 Å². The van der Waals surface area contributed by atoms with Gasteiger partial charge in [0.2, 0.25) is 5.89 Å². The summed E-state index contributed by atoms with van der Waals surface area (Å²) < 4.78 is 6.89. The van der Waals surface area contributed by atoms with Crippen LogP contribution in [0.15, 0.2) is 14.5 Å². The molecule has 2 aromatic rings. The minimum absolute atomic E-state index is 0.0548. The average molecular weight is 297 g/mol. The lowest BCUT2D eigenvalue weighted by Crippen LogP contribution is -2.17. The Morgan fingerprint density at radius 2 is 2.15 bits per heavy atom. The van der Waals surface area contributed by atoms with Crippen LogP contribution in [-0.2, 0) is 6.54 Å². The number of aromatic nitrogens is 5. The molecular formula is C12H19N5O2S. The second kappa shape index (κ2) is 6.25. The SMILES string of the molecule is CCCn1c(SC(C)c2nc(C(C)C)no2)n[nH]c1=O. The van der Waals surface area contributed by atoms with Crippen LogP contribution < -0.4 is 5.69 Å². The van der Waals surface area contributed by atoms with E-state index in [4.69, 9.17) is 4.52 Å². The summed E-state index contributed by atoms with van der Waals surface area (Å²) in [5.74, 6) is 1.48. The Morgan fingerprint density at radius 1 is 1.40 bits per heavy atom. The zero-order valence-corrected chi connectivity index (χ0v) is 12.9. The van der Waals surface area contributed by atoms with Gasteiger partial charge in [-0.1, -0.05) is 37.7 Å². The third kappa shape index (κ3) is 3.12. The van der Waals surface area contributed by atoms with Crippen molar-refractivity contribution in [3.63, 3.8) is 0 Å². The minimum Gasteiger partial charge on any atom is -0.338 e. The van der Waals surface area contributed by atoms with E-state index < -0.39 is 0 Å². The Morgan fingerprint density at radius 3 is 2.75 bits per heavy atom. The molecule has 0 saturated heterocycles. The summed E-state index contributed by atoms with van der Waals surface area (Å²) in [5.41, 5.74) is -0.185. The van der Waals surface area contributed by atoms with Gasteiger partial charge in [-0.2, -0.15) is 4.98 Å². The third-order valence-corrected chi connectivity index (χ3v) is 3.85. The van der Waals surface area contributed by atoms with E-state index in [1.54, 1.807) is 4.57 Å². The monoisotopic (exact) mass is 297 g/mol. The highest BCUT2D eigenvalue weighted by Crippen LogP contribution is 2.32. The van der Waals surface area contributed by atoms with E-state index in [1.165, 1.54) is 11.8 Å². The lowest BCUT2D eigenvalue weighted by molar-refractivity contribution is 0.372. The van der Waals surface area contributed by atoms with E-state index in [0.29, 0.717) is 23.4 Å². The van der Waals surface area contributed by atoms with Gasteiger partial charge in [-0.15, -0.1) is 5.10 Å². The zero-order chi connectivity index (χ0) is 14.7. The van der Waals surface area contributed by atoms with Gasteiger partial charge in [-0.3, -0.25) is 4.57 Å². The van der Waals surface area contributed by atoms with E-state index in [-0.39, 0.29) is 16.9 Å². The van der Waals surface area contributed by atoms with E-state index >= 15 is 0 Å². The summed E-state index contributed by atoms with van der Waals surface area (Å²) in [4.78, 5) is 16.0. The standard InChI is InChI=1S/C12H19N5O2S/c1-5-6-17-11(18)14-15-12(17)20-8(4)10-13-9(7(2)3)16-19-10/h7-8H,5-6H2,1-4H3,(H,14,18). The quantitative estimate of drug-likeness (QED) is 0.823. The first-order valence-corrected chi connectivity index (χ1v) is 7.56. The number of H-pyrrole nitrogens is 1. The van der Waals surface area contributed by atoms with Crippen molar-refractivity contribution in [1.29, 1.82) is 0 Å². The van der Waals surface area contributed by atoms with Crippen molar-refractivity contribution in [1.82, 2.24) is 24.9 Å². The maximum atomic E-state index is 11.6. The molecule has 0 aliphatic rings. The number of aromatic amines is 1. The molecule has 0 radical (unpaired) electrons. The Balaban J connectivity index is 2.14. The Hall–Kier alpha value is -1.57. The molecule has 2 heterocycles. The molecule has 0 saturated carbocycles. The summed E-state index contributed by atoms with van der Waals surface area (Å²) in [6.07, 6.45) is 0.874. The molecule has 0 amide bonds. The fourth-order valence-electron chi connectivity index (χ4n) is 1.67. The molecule has 0 aliphatic carbocycles. The average Bonchev–Trinajstić information content (AvgIpc) is 3.00. The zero-order valence-electron chi connectivity index (χ0n) is 12.1. The Labute approximate surface area is 121 Å². The lowest BCUT2D eigenvalue weighted by Gasteiger charge is -2.06. The fraction of sp³-hybridized carbons (Fsp3) is 0.667. The van der Waals surface area contributed by atoms with Gasteiger partial charge < -0.3 is 4.52 Å². The van der Waals surface area contributed by atoms with Crippen molar-refractivity contribution in [3.8, 4) is 0 Å². The second-order valence-corrected chi connectivity index (χ2v) is 6.18. The molecule has 7 nitrogen and oxygen atoms in total. The van der Waals surface area contributed by atoms with Crippen molar-refractivity contribution >= 4 is 11.8 Å². The largest absolute Gasteiger partial charge is 0.343 e. The van der Waals surface area contributed by atoms with Crippen LogP contribution in [0.2, 0.25) is 0 Å². The maximum absolute atomic E-state index is 11.6. The van der Waals surface area contributed by atoms with Crippen molar-refractivity contribution in [2.24, 2.45) is 0 Å². The molecule has 1 unspecified atom stereocenters. The van der Waals surface area contributed by atoms with E-state index in [1.807, 2.05) is 27.7 Å². The number of hydrogen-bond acceptors (Lipinski definition) is 6. The predicted molar refractivity (Wildman–Crippen MR) is 75.8 cm³/mol. The van der Waals surface area contributed by atoms with Crippen molar-refractivity contribution in [2.75, 3.05) is 0 Å². The normalized spacial score (nSPS) is 13.1. The highest BCUT2D eigenvalue weighted by atomic mass is 32.2. The van der Waals surface area contributed by atoms with Gasteiger partial charge in [-0.05, 0) is 13.3 Å². The molecule has 2 aromatic heterocycles. The van der Waals surface area contributed by atoms with Crippen LogP contribution in [0.3, 0.4) is 0 Å². The summed E-state index contributed by atoms with van der Waals surface area (Å²) in [6, 6.07) is 0. The van der Waals surface area contributed by atoms with Gasteiger partial charge in [0, 0.05) is 12.5 Å². The molecule has 1 atom stereocenters. The first-order chi connectivity index (χ1) is 9.52. The molecule has 8 heteroatoms. The molecule has 2 rings (SSSR count). The molecule has 0 spiro atoms. The van der Waals surface area contributed by atoms with E-state index in [2.05, 4.69) is 20.3 Å². The molecular weight excluding hydrogens is 278 g/mol. The third-order valence-electron chi connectivity index (χ3n) is 2.77. The van der Waals surface area contributed by atoms with Gasteiger partial charge in [0.05, 0.1) is 5.25 Å². The van der Waals surface area contributed by atoms with Crippen LogP contribution in [0.4, 0.5) is 0 Å². The molecule has 110 valence electrons. The van der Waals surface area contributed by atoms with Crippen LogP contribution in [0, 0.1) is 0 Å². The van der Waals surface area contributed by atoms with Crippen molar-refractivity contribution in [2.45, 2.75) is 57.0 Å². The molecule has 20 heavy (non-hydrogen) atoms. The Kier molecular flexibility index (Phi) is 4.64. The first kappa shape index (κ1) is 14.8. The summed E-state index contributed by atoms with van der Waals surface area (Å²) in [5, 5.41) is 11.1. The lowest BCUT2D eigenvalue weighted by atomic mass is 10.2. The molecule has 0 aliphatic heterocycles. The Bertz CT molecular complexity index is 615. The molecule has 1 N–H and O–H groups in total. The van der Waals surface area contributed by atoms with Crippen molar-refractivity contribution < 1.29 is 4.52 Å². The number of hydrogen-bond donors (Lipinski definition) is 1. The second-order valence-electron chi connectivity index (χ2n) is 4.87. The molecule has 0 fully saturated rings. The summed E-state index contributed by atoms with van der Waals surface area (Å²) in [7, 11) is 0. The topological polar surface area (TPSA) is 89.6 Å². The number of nitrogens with zero attached hydrogens (tertiary/aromatic N) is 4. The first-order valence-electron chi connectivity index (χ1n) is 6.68. The summed E-state index contributed by atoms with van der Waals surface area (Å²) in [6.45, 7) is 8.64. The molecule has 0 aromatic carbocycles. The van der Waals surface area contributed by atoms with Gasteiger partial charge >= 0.3 is 5.69 Å². The van der Waals surface area contributed by atoms with Gasteiger partial charge in [0.25, 0.3) is 0 Å². The van der Waals surface area contributed by atoms with Gasteiger partial charge in [-0.25, -0.2) is 9.89 Å². The highest BCUT2D eigenvalue weighted by molar-refractivity contribution is 7.99. The van der Waals surface area contributed by atoms with Gasteiger partial charge in [0.15, 0.2) is 11.0 Å².